The maximum absolute atomic E-state index is 12.1. The summed E-state index contributed by atoms with van der Waals surface area (Å²) in [6, 6.07) is 5.15. The van der Waals surface area contributed by atoms with Crippen molar-refractivity contribution in [2.75, 3.05) is 39.3 Å². The Morgan fingerprint density at radius 1 is 1.24 bits per heavy atom. The number of hydrogen-bond donors (Lipinski definition) is 1. The highest BCUT2D eigenvalue weighted by Gasteiger charge is 2.18. The van der Waals surface area contributed by atoms with Crippen LogP contribution in [0.2, 0.25) is 10.0 Å². The molecule has 1 fully saturated rings. The number of carbonyl (C=O) groups is 1. The van der Waals surface area contributed by atoms with Gasteiger partial charge >= 0.3 is 0 Å². The molecule has 0 bridgehead atoms. The van der Waals surface area contributed by atoms with Gasteiger partial charge in [0.2, 0.25) is 5.91 Å². The highest BCUT2D eigenvalue weighted by molar-refractivity contribution is 6.34. The van der Waals surface area contributed by atoms with Gasteiger partial charge in [-0.05, 0) is 29.8 Å². The number of nitrogens with zero attached hydrogens (tertiary/aromatic N) is 2. The Morgan fingerprint density at radius 3 is 2.62 bits per heavy atom. The number of piperazine rings is 1. The van der Waals surface area contributed by atoms with E-state index in [-0.39, 0.29) is 12.5 Å². The molecule has 1 heterocycles. The minimum Gasteiger partial charge on any atom is -0.395 e. The first-order valence-corrected chi connectivity index (χ1v) is 7.61. The Balaban J connectivity index is 1.93. The van der Waals surface area contributed by atoms with Crippen molar-refractivity contribution in [2.45, 2.75) is 0 Å². The first-order chi connectivity index (χ1) is 10.1. The van der Waals surface area contributed by atoms with Crippen LogP contribution in [0.15, 0.2) is 24.3 Å². The lowest BCUT2D eigenvalue weighted by atomic mass is 10.2. The molecule has 0 aliphatic carbocycles. The third-order valence-corrected chi connectivity index (χ3v) is 4.04. The van der Waals surface area contributed by atoms with Gasteiger partial charge in [-0.15, -0.1) is 0 Å². The van der Waals surface area contributed by atoms with E-state index in [0.29, 0.717) is 29.7 Å². The molecule has 0 unspecified atom stereocenters. The first-order valence-electron chi connectivity index (χ1n) is 6.85. The van der Waals surface area contributed by atoms with Gasteiger partial charge in [-0.3, -0.25) is 9.69 Å². The second-order valence-electron chi connectivity index (χ2n) is 4.89. The quantitative estimate of drug-likeness (QED) is 0.861. The largest absolute Gasteiger partial charge is 0.395 e. The molecule has 21 heavy (non-hydrogen) atoms. The maximum atomic E-state index is 12.1. The fraction of sp³-hybridized carbons (Fsp3) is 0.400. The Morgan fingerprint density at radius 2 is 1.95 bits per heavy atom. The van der Waals surface area contributed by atoms with Crippen molar-refractivity contribution in [3.05, 3.63) is 39.9 Å². The molecule has 1 amide bonds. The second kappa shape index (κ2) is 7.80. The van der Waals surface area contributed by atoms with E-state index in [0.717, 1.165) is 18.7 Å². The molecule has 1 aromatic rings. The summed E-state index contributed by atoms with van der Waals surface area (Å²) in [7, 11) is 0. The van der Waals surface area contributed by atoms with Crippen molar-refractivity contribution in [1.82, 2.24) is 9.80 Å². The van der Waals surface area contributed by atoms with Gasteiger partial charge in [-0.2, -0.15) is 0 Å². The lowest BCUT2D eigenvalue weighted by Crippen LogP contribution is -2.48. The van der Waals surface area contributed by atoms with Crippen molar-refractivity contribution in [1.29, 1.82) is 0 Å². The molecule has 1 saturated heterocycles. The normalized spacial score (nSPS) is 16.6. The zero-order valence-corrected chi connectivity index (χ0v) is 13.1. The number of benzene rings is 1. The van der Waals surface area contributed by atoms with Gasteiger partial charge in [-0.25, -0.2) is 0 Å². The summed E-state index contributed by atoms with van der Waals surface area (Å²) in [4.78, 5) is 16.1. The number of rotatable bonds is 4. The van der Waals surface area contributed by atoms with E-state index < -0.39 is 0 Å². The average molecular weight is 329 g/mol. The third kappa shape index (κ3) is 4.71. The van der Waals surface area contributed by atoms with Gasteiger partial charge in [0.15, 0.2) is 0 Å². The summed E-state index contributed by atoms with van der Waals surface area (Å²) in [6.45, 7) is 3.74. The minimum absolute atomic E-state index is 0.0327. The molecule has 1 aliphatic rings. The lowest BCUT2D eigenvalue weighted by Gasteiger charge is -2.33. The molecule has 0 saturated carbocycles. The van der Waals surface area contributed by atoms with Crippen LogP contribution >= 0.6 is 23.2 Å². The van der Waals surface area contributed by atoms with Gasteiger partial charge in [0.05, 0.1) is 6.61 Å². The SMILES string of the molecule is O=C(/C=C/c1cc(Cl)ccc1Cl)N1CCN(CCO)CC1. The van der Waals surface area contributed by atoms with Crippen LogP contribution in [0.4, 0.5) is 0 Å². The van der Waals surface area contributed by atoms with Gasteiger partial charge in [0.1, 0.15) is 0 Å². The van der Waals surface area contributed by atoms with Gasteiger partial charge < -0.3 is 10.0 Å². The summed E-state index contributed by atoms with van der Waals surface area (Å²) in [5.41, 5.74) is 0.733. The smallest absolute Gasteiger partial charge is 0.246 e. The number of aliphatic hydroxyl groups excluding tert-OH is 1. The summed E-state index contributed by atoms with van der Waals surface area (Å²) < 4.78 is 0. The predicted octanol–water partition coefficient (Wildman–Crippen LogP) is 2.14. The van der Waals surface area contributed by atoms with Crippen LogP contribution in [0.1, 0.15) is 5.56 Å². The fourth-order valence-corrected chi connectivity index (χ4v) is 2.60. The van der Waals surface area contributed by atoms with Crippen molar-refractivity contribution < 1.29 is 9.90 Å². The van der Waals surface area contributed by atoms with Crippen LogP contribution < -0.4 is 0 Å². The summed E-state index contributed by atoms with van der Waals surface area (Å²) in [5.74, 6) is -0.0327. The third-order valence-electron chi connectivity index (χ3n) is 3.46. The molecule has 0 aromatic heterocycles. The Kier molecular flexibility index (Phi) is 6.06. The number of amides is 1. The van der Waals surface area contributed by atoms with Gasteiger partial charge in [0.25, 0.3) is 0 Å². The molecule has 6 heteroatoms. The van der Waals surface area contributed by atoms with E-state index in [4.69, 9.17) is 28.3 Å². The molecular formula is C15H18Cl2N2O2. The molecule has 0 atom stereocenters. The Labute approximate surface area is 134 Å². The average Bonchev–Trinajstić information content (AvgIpc) is 2.49. The van der Waals surface area contributed by atoms with Crippen LogP contribution in [0.5, 0.6) is 0 Å². The first kappa shape index (κ1) is 16.3. The van der Waals surface area contributed by atoms with Crippen LogP contribution in [0.3, 0.4) is 0 Å². The van der Waals surface area contributed by atoms with Gasteiger partial charge in [-0.1, -0.05) is 23.2 Å². The highest BCUT2D eigenvalue weighted by Crippen LogP contribution is 2.21. The molecule has 1 aromatic carbocycles. The molecule has 2 rings (SSSR count). The monoisotopic (exact) mass is 328 g/mol. The highest BCUT2D eigenvalue weighted by atomic mass is 35.5. The molecule has 0 spiro atoms. The minimum atomic E-state index is -0.0327. The Bertz CT molecular complexity index is 526. The van der Waals surface area contributed by atoms with Crippen molar-refractivity contribution >= 4 is 35.2 Å². The summed E-state index contributed by atoms with van der Waals surface area (Å²) in [5, 5.41) is 10.0. The van der Waals surface area contributed by atoms with Crippen LogP contribution in [0.25, 0.3) is 6.08 Å². The van der Waals surface area contributed by atoms with Gasteiger partial charge in [0, 0.05) is 48.8 Å². The lowest BCUT2D eigenvalue weighted by molar-refractivity contribution is -0.127. The number of β-amino-alcohol motifs (C(OH)–C–C–N with tert-alkyl or cyclic N) is 1. The van der Waals surface area contributed by atoms with E-state index in [1.54, 1.807) is 29.2 Å². The standard InChI is InChI=1S/C15H18Cl2N2O2/c16-13-2-3-14(17)12(11-13)1-4-15(21)19-7-5-18(6-8-19)9-10-20/h1-4,11,20H,5-10H2/b4-1+. The number of carbonyl (C=O) groups excluding carboxylic acids is 1. The van der Waals surface area contributed by atoms with E-state index >= 15 is 0 Å². The van der Waals surface area contributed by atoms with E-state index in [2.05, 4.69) is 4.90 Å². The second-order valence-corrected chi connectivity index (χ2v) is 5.73. The van der Waals surface area contributed by atoms with Crippen molar-refractivity contribution in [3.63, 3.8) is 0 Å². The Hall–Kier alpha value is -1.07. The summed E-state index contributed by atoms with van der Waals surface area (Å²) >= 11 is 12.0. The van der Waals surface area contributed by atoms with Crippen molar-refractivity contribution in [2.24, 2.45) is 0 Å². The summed E-state index contributed by atoms with van der Waals surface area (Å²) in [6.07, 6.45) is 3.22. The molecular weight excluding hydrogens is 311 g/mol. The van der Waals surface area contributed by atoms with Crippen molar-refractivity contribution in [3.8, 4) is 0 Å². The van der Waals surface area contributed by atoms with Crippen LogP contribution in [0, 0.1) is 0 Å². The number of aliphatic hydroxyl groups is 1. The van der Waals surface area contributed by atoms with Crippen LogP contribution in [-0.2, 0) is 4.79 Å². The molecule has 1 aliphatic heterocycles. The fourth-order valence-electron chi connectivity index (χ4n) is 2.24. The molecule has 4 nitrogen and oxygen atoms in total. The zero-order chi connectivity index (χ0) is 15.2. The maximum Gasteiger partial charge on any atom is 0.246 e. The topological polar surface area (TPSA) is 43.8 Å². The molecule has 0 radical (unpaired) electrons. The van der Waals surface area contributed by atoms with E-state index in [1.807, 2.05) is 0 Å². The van der Waals surface area contributed by atoms with E-state index in [9.17, 15) is 4.79 Å². The number of hydrogen-bond acceptors (Lipinski definition) is 3. The zero-order valence-electron chi connectivity index (χ0n) is 11.6. The number of halogens is 2. The predicted molar refractivity (Wildman–Crippen MR) is 85.6 cm³/mol. The molecule has 114 valence electrons. The van der Waals surface area contributed by atoms with E-state index in [1.165, 1.54) is 6.08 Å². The van der Waals surface area contributed by atoms with Crippen LogP contribution in [-0.4, -0.2) is 60.1 Å². The molecule has 1 N–H and O–H groups in total.